The van der Waals surface area contributed by atoms with Gasteiger partial charge in [-0.1, -0.05) is 93.5 Å². The first-order chi connectivity index (χ1) is 22.8. The van der Waals surface area contributed by atoms with Crippen molar-refractivity contribution in [1.29, 1.82) is 0 Å². The number of rotatable bonds is 8. The second kappa shape index (κ2) is 12.0. The van der Waals surface area contributed by atoms with E-state index < -0.39 is 0 Å². The first kappa shape index (κ1) is 34.2. The monoisotopic (exact) mass is 658 g/mol. The van der Waals surface area contributed by atoms with Crippen LogP contribution in [0.25, 0.3) is 33.4 Å². The van der Waals surface area contributed by atoms with Gasteiger partial charge in [0.2, 0.25) is 0 Å². The summed E-state index contributed by atoms with van der Waals surface area (Å²) in [7, 11) is 0. The normalized spacial score (nSPS) is 13.1. The molecule has 0 amide bonds. The Hall–Kier alpha value is -4.72. The molecular formula is C41H50N6O2. The van der Waals surface area contributed by atoms with Gasteiger partial charge in [-0.2, -0.15) is 0 Å². The summed E-state index contributed by atoms with van der Waals surface area (Å²) in [5.41, 5.74) is 7.95. The molecule has 0 fully saturated rings. The van der Waals surface area contributed by atoms with Crippen LogP contribution in [0.15, 0.2) is 72.8 Å². The minimum Gasteiger partial charge on any atom is -0.506 e. The van der Waals surface area contributed by atoms with Crippen LogP contribution in [0.2, 0.25) is 0 Å². The van der Waals surface area contributed by atoms with Gasteiger partial charge in [0.15, 0.2) is 0 Å². The maximum atomic E-state index is 11.6. The summed E-state index contributed by atoms with van der Waals surface area (Å²) in [5.74, 6) is 0.212. The Bertz CT molecular complexity index is 1940. The van der Waals surface area contributed by atoms with Crippen LogP contribution in [0.3, 0.4) is 0 Å². The molecule has 8 heteroatoms. The predicted molar refractivity (Wildman–Crippen MR) is 198 cm³/mol. The summed E-state index contributed by atoms with van der Waals surface area (Å²) >= 11 is 0. The topological polar surface area (TPSA) is 102 Å². The zero-order valence-electron chi connectivity index (χ0n) is 30.6. The van der Waals surface area contributed by atoms with Crippen LogP contribution >= 0.6 is 0 Å². The van der Waals surface area contributed by atoms with Gasteiger partial charge in [0.05, 0.1) is 0 Å². The number of fused-ring (bicyclic) bond motifs is 2. The zero-order chi connectivity index (χ0) is 35.5. The molecule has 0 aliphatic heterocycles. The van der Waals surface area contributed by atoms with Crippen molar-refractivity contribution in [3.05, 3.63) is 95.1 Å². The minimum atomic E-state index is -0.259. The number of nitrogens with zero attached hydrogens (tertiary/aromatic N) is 6. The van der Waals surface area contributed by atoms with Gasteiger partial charge in [0, 0.05) is 0 Å². The van der Waals surface area contributed by atoms with Crippen LogP contribution in [0.4, 0.5) is 0 Å². The fourth-order valence-electron chi connectivity index (χ4n) is 8.10. The average molecular weight is 659 g/mol. The van der Waals surface area contributed by atoms with Crippen LogP contribution < -0.4 is 0 Å². The van der Waals surface area contributed by atoms with Crippen molar-refractivity contribution in [2.75, 3.05) is 0 Å². The first-order valence-electron chi connectivity index (χ1n) is 17.2. The quantitative estimate of drug-likeness (QED) is 0.169. The molecule has 0 spiro atoms. The highest BCUT2D eigenvalue weighted by Crippen LogP contribution is 2.44. The van der Waals surface area contributed by atoms with E-state index in [4.69, 9.17) is 20.4 Å². The SMILES string of the molecule is CC(C)(C)CC(C)(C)c1cc(-n2nc3ccccc3n2)c(O)cc1Cc1cc(O)c(-n2nc3ccccc3n2)cc1C(C)(C)CC(C)(C)C. The number of aromatic hydroxyl groups is 2. The van der Waals surface area contributed by atoms with Gasteiger partial charge in [-0.3, -0.25) is 0 Å². The maximum absolute atomic E-state index is 11.6. The van der Waals surface area contributed by atoms with E-state index in [0.717, 1.165) is 57.2 Å². The van der Waals surface area contributed by atoms with E-state index in [2.05, 4.69) is 81.4 Å². The third kappa shape index (κ3) is 7.19. The van der Waals surface area contributed by atoms with Gasteiger partial charge in [0.25, 0.3) is 0 Å². The average Bonchev–Trinajstić information content (AvgIpc) is 3.59. The van der Waals surface area contributed by atoms with E-state index in [1.54, 1.807) is 9.59 Å². The van der Waals surface area contributed by atoms with Gasteiger partial charge >= 0.3 is 0 Å². The molecule has 0 unspecified atom stereocenters. The van der Waals surface area contributed by atoms with Gasteiger partial charge in [0.1, 0.15) is 44.9 Å². The van der Waals surface area contributed by atoms with Crippen LogP contribution in [0.1, 0.15) is 104 Å². The number of aromatic nitrogens is 6. The van der Waals surface area contributed by atoms with Crippen molar-refractivity contribution < 1.29 is 10.2 Å². The Balaban J connectivity index is 1.53. The molecule has 8 nitrogen and oxygen atoms in total. The molecule has 6 aromatic rings. The fraction of sp³-hybridized carbons (Fsp3) is 0.415. The lowest BCUT2D eigenvalue weighted by Crippen LogP contribution is -2.28. The predicted octanol–water partition coefficient (Wildman–Crippen LogP) is 9.58. The van der Waals surface area contributed by atoms with Gasteiger partial charge in [-0.05, 0) is 112 Å². The molecule has 0 aliphatic carbocycles. The number of phenolic OH excluding ortho intramolecular Hbond substituents is 2. The zero-order valence-corrected chi connectivity index (χ0v) is 30.6. The summed E-state index contributed by atoms with van der Waals surface area (Å²) < 4.78 is 0. The van der Waals surface area contributed by atoms with Crippen LogP contribution in [0, 0.1) is 10.8 Å². The van der Waals surface area contributed by atoms with Crippen LogP contribution in [-0.4, -0.2) is 40.2 Å². The lowest BCUT2D eigenvalue weighted by Gasteiger charge is -2.36. The van der Waals surface area contributed by atoms with Crippen molar-refractivity contribution in [2.24, 2.45) is 10.8 Å². The van der Waals surface area contributed by atoms with Crippen molar-refractivity contribution >= 4 is 22.1 Å². The Kier molecular flexibility index (Phi) is 8.37. The molecule has 4 aromatic carbocycles. The lowest BCUT2D eigenvalue weighted by molar-refractivity contribution is 0.282. The fourth-order valence-corrected chi connectivity index (χ4v) is 8.10. The lowest BCUT2D eigenvalue weighted by atomic mass is 9.69. The van der Waals surface area contributed by atoms with Crippen molar-refractivity contribution in [1.82, 2.24) is 30.0 Å². The Labute approximate surface area is 289 Å². The second-order valence-electron chi connectivity index (χ2n) is 17.4. The number of hydrogen-bond donors (Lipinski definition) is 2. The highest BCUT2D eigenvalue weighted by atomic mass is 16.3. The summed E-state index contributed by atoms with van der Waals surface area (Å²) in [5, 5.41) is 42.0. The van der Waals surface area contributed by atoms with E-state index in [-0.39, 0.29) is 33.2 Å². The molecule has 0 saturated carbocycles. The molecule has 0 atom stereocenters. The Morgan fingerprint density at radius 3 is 1.08 bits per heavy atom. The smallest absolute Gasteiger partial charge is 0.143 e. The molecular weight excluding hydrogens is 608 g/mol. The second-order valence-corrected chi connectivity index (χ2v) is 17.4. The Morgan fingerprint density at radius 2 is 0.796 bits per heavy atom. The van der Waals surface area contributed by atoms with Crippen molar-refractivity contribution in [3.8, 4) is 22.9 Å². The minimum absolute atomic E-state index is 0.0531. The summed E-state index contributed by atoms with van der Waals surface area (Å²) in [6.45, 7) is 22.6. The summed E-state index contributed by atoms with van der Waals surface area (Å²) in [6, 6.07) is 23.3. The van der Waals surface area contributed by atoms with Gasteiger partial charge in [-0.25, -0.2) is 0 Å². The molecule has 0 radical (unpaired) electrons. The highest BCUT2D eigenvalue weighted by molar-refractivity contribution is 5.74. The van der Waals surface area contributed by atoms with Crippen molar-refractivity contribution in [3.63, 3.8) is 0 Å². The molecule has 256 valence electrons. The van der Waals surface area contributed by atoms with Gasteiger partial charge in [-0.15, -0.1) is 30.0 Å². The van der Waals surface area contributed by atoms with E-state index in [1.165, 1.54) is 0 Å². The molecule has 2 heterocycles. The third-order valence-electron chi connectivity index (χ3n) is 9.19. The van der Waals surface area contributed by atoms with E-state index in [1.807, 2.05) is 60.7 Å². The number of benzene rings is 4. The highest BCUT2D eigenvalue weighted by Gasteiger charge is 2.34. The van der Waals surface area contributed by atoms with Crippen LogP contribution in [-0.2, 0) is 17.3 Å². The molecule has 0 bridgehead atoms. The largest absolute Gasteiger partial charge is 0.506 e. The number of hydrogen-bond acceptors (Lipinski definition) is 6. The molecule has 2 N–H and O–H groups in total. The summed E-state index contributed by atoms with van der Waals surface area (Å²) in [6.07, 6.45) is 2.34. The molecule has 49 heavy (non-hydrogen) atoms. The third-order valence-corrected chi connectivity index (χ3v) is 9.19. The summed E-state index contributed by atoms with van der Waals surface area (Å²) in [4.78, 5) is 3.08. The molecule has 0 saturated heterocycles. The van der Waals surface area contributed by atoms with Gasteiger partial charge < -0.3 is 10.2 Å². The number of phenols is 2. The molecule has 0 aliphatic rings. The standard InChI is InChI=1S/C41H50N6O2/c1-38(2,3)24-40(7,8)28-22-34(46-42-30-15-11-12-16-31(30)43-46)36(48)20-26(28)19-27-21-37(49)35(23-29(27)41(9,10)25-39(4,5)6)47-44-32-17-13-14-18-33(32)45-47/h11-18,20-23,48-49H,19,24-25H2,1-10H3. The van der Waals surface area contributed by atoms with E-state index >= 15 is 0 Å². The van der Waals surface area contributed by atoms with E-state index in [0.29, 0.717) is 17.8 Å². The maximum Gasteiger partial charge on any atom is 0.143 e. The van der Waals surface area contributed by atoms with E-state index in [9.17, 15) is 10.2 Å². The first-order valence-corrected chi connectivity index (χ1v) is 17.2. The Morgan fingerprint density at radius 1 is 0.490 bits per heavy atom. The molecule has 2 aromatic heterocycles. The molecule has 6 rings (SSSR count). The van der Waals surface area contributed by atoms with Crippen molar-refractivity contribution in [2.45, 2.75) is 99.3 Å². The van der Waals surface area contributed by atoms with Crippen LogP contribution in [0.5, 0.6) is 11.5 Å².